The number of nitrogens with two attached hydrogens (primary N) is 1. The average Bonchev–Trinajstić information content (AvgIpc) is 2.43. The number of hydrogen-bond donors (Lipinski definition) is 1. The number of hydrogen-bond acceptors (Lipinski definition) is 4. The lowest BCUT2D eigenvalue weighted by Gasteiger charge is -2.14. The van der Waals surface area contributed by atoms with Gasteiger partial charge in [0.05, 0.1) is 12.3 Å². The van der Waals surface area contributed by atoms with Crippen LogP contribution in [0.3, 0.4) is 0 Å². The average molecular weight is 272 g/mol. The highest BCUT2D eigenvalue weighted by Crippen LogP contribution is 2.31. The second kappa shape index (κ2) is 5.82. The molecule has 20 heavy (non-hydrogen) atoms. The molecular formula is C16H20N2O2. The van der Waals surface area contributed by atoms with Crippen LogP contribution >= 0.6 is 0 Å². The molecule has 0 saturated carbocycles. The van der Waals surface area contributed by atoms with Crippen molar-refractivity contribution in [3.8, 4) is 17.5 Å². The topological polar surface area (TPSA) is 57.4 Å². The molecule has 0 spiro atoms. The van der Waals surface area contributed by atoms with Gasteiger partial charge in [-0.05, 0) is 50.5 Å². The molecule has 0 atom stereocenters. The van der Waals surface area contributed by atoms with E-state index in [4.69, 9.17) is 15.2 Å². The lowest BCUT2D eigenvalue weighted by Crippen LogP contribution is -2.01. The predicted molar refractivity (Wildman–Crippen MR) is 80.5 cm³/mol. The van der Waals surface area contributed by atoms with Crippen LogP contribution in [0.5, 0.6) is 17.5 Å². The molecule has 4 heteroatoms. The van der Waals surface area contributed by atoms with E-state index >= 15 is 0 Å². The van der Waals surface area contributed by atoms with Gasteiger partial charge in [-0.15, -0.1) is 0 Å². The SMILES string of the molecule is CCOc1nc(Oc2c(C)ccc(C)c2C)ccc1N. The summed E-state index contributed by atoms with van der Waals surface area (Å²) in [5.74, 6) is 1.73. The van der Waals surface area contributed by atoms with Gasteiger partial charge in [0.25, 0.3) is 0 Å². The van der Waals surface area contributed by atoms with E-state index in [0.29, 0.717) is 24.1 Å². The summed E-state index contributed by atoms with van der Waals surface area (Å²) < 4.78 is 11.3. The highest BCUT2D eigenvalue weighted by molar-refractivity contribution is 5.51. The minimum Gasteiger partial charge on any atom is -0.476 e. The maximum atomic E-state index is 5.92. The van der Waals surface area contributed by atoms with Crippen molar-refractivity contribution in [1.29, 1.82) is 0 Å². The summed E-state index contributed by atoms with van der Waals surface area (Å²) in [5.41, 5.74) is 9.69. The van der Waals surface area contributed by atoms with Gasteiger partial charge in [0, 0.05) is 6.07 Å². The van der Waals surface area contributed by atoms with E-state index in [1.54, 1.807) is 12.1 Å². The smallest absolute Gasteiger partial charge is 0.240 e. The van der Waals surface area contributed by atoms with Gasteiger partial charge in [0.15, 0.2) is 0 Å². The third-order valence-electron chi connectivity index (χ3n) is 3.23. The Labute approximate surface area is 119 Å². The van der Waals surface area contributed by atoms with Crippen molar-refractivity contribution in [2.75, 3.05) is 12.3 Å². The fraction of sp³-hybridized carbons (Fsp3) is 0.312. The highest BCUT2D eigenvalue weighted by atomic mass is 16.5. The Morgan fingerprint density at radius 1 is 1.05 bits per heavy atom. The van der Waals surface area contributed by atoms with Crippen molar-refractivity contribution < 1.29 is 9.47 Å². The molecule has 0 aliphatic rings. The van der Waals surface area contributed by atoms with Crippen molar-refractivity contribution in [3.63, 3.8) is 0 Å². The molecule has 0 aliphatic heterocycles. The number of nitrogen functional groups attached to an aromatic ring is 1. The van der Waals surface area contributed by atoms with E-state index in [2.05, 4.69) is 18.0 Å². The van der Waals surface area contributed by atoms with Crippen LogP contribution in [-0.2, 0) is 0 Å². The molecule has 1 heterocycles. The molecule has 0 amide bonds. The summed E-state index contributed by atoms with van der Waals surface area (Å²) in [7, 11) is 0. The normalized spacial score (nSPS) is 10.4. The Bertz CT molecular complexity index is 624. The molecule has 106 valence electrons. The molecule has 2 rings (SSSR count). The zero-order chi connectivity index (χ0) is 14.7. The maximum Gasteiger partial charge on any atom is 0.240 e. The van der Waals surface area contributed by atoms with Gasteiger partial charge >= 0.3 is 0 Å². The summed E-state index contributed by atoms with van der Waals surface area (Å²) in [4.78, 5) is 4.30. The zero-order valence-electron chi connectivity index (χ0n) is 12.4. The number of aromatic nitrogens is 1. The molecule has 0 unspecified atom stereocenters. The molecule has 2 aromatic rings. The summed E-state index contributed by atoms with van der Waals surface area (Å²) >= 11 is 0. The fourth-order valence-electron chi connectivity index (χ4n) is 1.93. The number of rotatable bonds is 4. The van der Waals surface area contributed by atoms with Gasteiger partial charge < -0.3 is 15.2 Å². The van der Waals surface area contributed by atoms with E-state index < -0.39 is 0 Å². The zero-order valence-corrected chi connectivity index (χ0v) is 12.4. The number of anilines is 1. The molecule has 0 bridgehead atoms. The van der Waals surface area contributed by atoms with Gasteiger partial charge in [-0.25, -0.2) is 0 Å². The minimum absolute atomic E-state index is 0.410. The maximum absolute atomic E-state index is 5.92. The van der Waals surface area contributed by atoms with Crippen LogP contribution in [-0.4, -0.2) is 11.6 Å². The van der Waals surface area contributed by atoms with E-state index in [-0.39, 0.29) is 0 Å². The monoisotopic (exact) mass is 272 g/mol. The van der Waals surface area contributed by atoms with Crippen molar-refractivity contribution in [3.05, 3.63) is 41.0 Å². The van der Waals surface area contributed by atoms with Crippen molar-refractivity contribution >= 4 is 5.69 Å². The second-order valence-electron chi connectivity index (χ2n) is 4.73. The number of aryl methyl sites for hydroxylation is 2. The molecule has 0 radical (unpaired) electrons. The molecule has 1 aromatic heterocycles. The lowest BCUT2D eigenvalue weighted by molar-refractivity contribution is 0.322. The van der Waals surface area contributed by atoms with Gasteiger partial charge in [0.2, 0.25) is 11.8 Å². The lowest BCUT2D eigenvalue weighted by atomic mass is 10.1. The first-order valence-corrected chi connectivity index (χ1v) is 6.67. The van der Waals surface area contributed by atoms with Crippen LogP contribution in [0.15, 0.2) is 24.3 Å². The van der Waals surface area contributed by atoms with E-state index in [1.165, 1.54) is 5.56 Å². The van der Waals surface area contributed by atoms with Crippen molar-refractivity contribution in [2.24, 2.45) is 0 Å². The van der Waals surface area contributed by atoms with Crippen LogP contribution in [0.1, 0.15) is 23.6 Å². The number of benzene rings is 1. The molecule has 0 saturated heterocycles. The molecule has 2 N–H and O–H groups in total. The van der Waals surface area contributed by atoms with Crippen LogP contribution in [0, 0.1) is 20.8 Å². The molecular weight excluding hydrogens is 252 g/mol. The first-order chi connectivity index (χ1) is 9.52. The van der Waals surface area contributed by atoms with E-state index in [0.717, 1.165) is 16.9 Å². The van der Waals surface area contributed by atoms with Gasteiger partial charge in [-0.3, -0.25) is 0 Å². The Hall–Kier alpha value is -2.23. The van der Waals surface area contributed by atoms with Gasteiger partial charge in [0.1, 0.15) is 5.75 Å². The number of ether oxygens (including phenoxy) is 2. The first kappa shape index (κ1) is 14.2. The summed E-state index contributed by atoms with van der Waals surface area (Å²) in [5, 5.41) is 0. The Kier molecular flexibility index (Phi) is 4.13. The van der Waals surface area contributed by atoms with Gasteiger partial charge in [-0.2, -0.15) is 4.98 Å². The number of pyridine rings is 1. The molecule has 1 aromatic carbocycles. The minimum atomic E-state index is 0.410. The highest BCUT2D eigenvalue weighted by Gasteiger charge is 2.10. The van der Waals surface area contributed by atoms with Crippen LogP contribution in [0.25, 0.3) is 0 Å². The Morgan fingerprint density at radius 3 is 2.45 bits per heavy atom. The van der Waals surface area contributed by atoms with Crippen LogP contribution in [0.4, 0.5) is 5.69 Å². The predicted octanol–water partition coefficient (Wildman–Crippen LogP) is 3.78. The number of nitrogens with zero attached hydrogens (tertiary/aromatic N) is 1. The summed E-state index contributed by atoms with van der Waals surface area (Å²) in [6.45, 7) is 8.53. The third-order valence-corrected chi connectivity index (χ3v) is 3.23. The van der Waals surface area contributed by atoms with Crippen molar-refractivity contribution in [2.45, 2.75) is 27.7 Å². The second-order valence-corrected chi connectivity index (χ2v) is 4.73. The van der Waals surface area contributed by atoms with Crippen molar-refractivity contribution in [1.82, 2.24) is 4.98 Å². The molecule has 0 aliphatic carbocycles. The third kappa shape index (κ3) is 2.85. The fourth-order valence-corrected chi connectivity index (χ4v) is 1.93. The largest absolute Gasteiger partial charge is 0.476 e. The van der Waals surface area contributed by atoms with Crippen LogP contribution in [0.2, 0.25) is 0 Å². The van der Waals surface area contributed by atoms with E-state index in [9.17, 15) is 0 Å². The van der Waals surface area contributed by atoms with Crippen LogP contribution < -0.4 is 15.2 Å². The summed E-state index contributed by atoms with van der Waals surface area (Å²) in [6.07, 6.45) is 0. The van der Waals surface area contributed by atoms with E-state index in [1.807, 2.05) is 26.8 Å². The van der Waals surface area contributed by atoms with Gasteiger partial charge in [-0.1, -0.05) is 12.1 Å². The first-order valence-electron chi connectivity index (χ1n) is 6.67. The Morgan fingerprint density at radius 2 is 1.75 bits per heavy atom. The molecule has 4 nitrogen and oxygen atoms in total. The summed E-state index contributed by atoms with van der Waals surface area (Å²) in [6, 6.07) is 7.62. The standard InChI is InChI=1S/C16H20N2O2/c1-5-19-16-13(17)8-9-14(18-16)20-15-11(3)7-6-10(2)12(15)4/h6-9H,5,17H2,1-4H3. The Balaban J connectivity index is 2.35. The molecule has 0 fully saturated rings. The quantitative estimate of drug-likeness (QED) is 0.920.